The van der Waals surface area contributed by atoms with Gasteiger partial charge in [-0.1, -0.05) is 32.9 Å². The van der Waals surface area contributed by atoms with Crippen LogP contribution in [0.4, 0.5) is 5.69 Å². The number of piperidine rings is 1. The van der Waals surface area contributed by atoms with Gasteiger partial charge in [0.25, 0.3) is 0 Å². The van der Waals surface area contributed by atoms with Crippen molar-refractivity contribution in [1.29, 1.82) is 0 Å². The number of guanidine groups is 1. The molecule has 0 unspecified atom stereocenters. The summed E-state index contributed by atoms with van der Waals surface area (Å²) in [5.74, 6) is 0.968. The molecule has 2 fully saturated rings. The third kappa shape index (κ3) is 7.69. The fraction of sp³-hybridized carbons (Fsp3) is 0.720. The van der Waals surface area contributed by atoms with Gasteiger partial charge in [0, 0.05) is 49.3 Å². The van der Waals surface area contributed by atoms with Crippen molar-refractivity contribution in [3.63, 3.8) is 0 Å². The fourth-order valence-corrected chi connectivity index (χ4v) is 5.13. The van der Waals surface area contributed by atoms with Gasteiger partial charge in [0.05, 0.1) is 6.54 Å². The van der Waals surface area contributed by atoms with Crippen LogP contribution in [-0.2, 0) is 10.2 Å². The first kappa shape index (κ1) is 27.6. The topological polar surface area (TPSA) is 48.9 Å². The molecule has 2 saturated heterocycles. The molecule has 0 amide bonds. The molecule has 0 spiro atoms. The van der Waals surface area contributed by atoms with E-state index in [9.17, 15) is 0 Å². The Morgan fingerprint density at radius 1 is 1.16 bits per heavy atom. The number of thioether (sulfide) groups is 1. The SMILES string of the molecule is CCNC(=NCC1(SC)CCOCC1)NC1CCN(c2ccc(C(C)(C)C)cc2)CC1.I. The summed E-state index contributed by atoms with van der Waals surface area (Å²) < 4.78 is 5.80. The Kier molecular flexibility index (Phi) is 10.9. The molecule has 7 heteroatoms. The summed E-state index contributed by atoms with van der Waals surface area (Å²) in [5, 5.41) is 7.17. The average molecular weight is 575 g/mol. The highest BCUT2D eigenvalue weighted by Gasteiger charge is 2.32. The van der Waals surface area contributed by atoms with Gasteiger partial charge >= 0.3 is 0 Å². The van der Waals surface area contributed by atoms with Crippen LogP contribution in [0.2, 0.25) is 0 Å². The Bertz CT molecular complexity index is 706. The Hall–Kier alpha value is -0.670. The van der Waals surface area contributed by atoms with Gasteiger partial charge in [0.1, 0.15) is 0 Å². The third-order valence-corrected chi connectivity index (χ3v) is 8.04. The monoisotopic (exact) mass is 574 g/mol. The minimum absolute atomic E-state index is 0. The molecule has 1 aromatic carbocycles. The molecule has 5 nitrogen and oxygen atoms in total. The summed E-state index contributed by atoms with van der Waals surface area (Å²) in [6.07, 6.45) is 6.65. The number of anilines is 1. The van der Waals surface area contributed by atoms with Crippen molar-refractivity contribution in [2.24, 2.45) is 4.99 Å². The molecule has 0 aromatic heterocycles. The van der Waals surface area contributed by atoms with Crippen molar-refractivity contribution < 1.29 is 4.74 Å². The summed E-state index contributed by atoms with van der Waals surface area (Å²) >= 11 is 1.95. The second-order valence-corrected chi connectivity index (χ2v) is 11.2. The van der Waals surface area contributed by atoms with E-state index in [1.54, 1.807) is 0 Å². The van der Waals surface area contributed by atoms with E-state index >= 15 is 0 Å². The predicted octanol–water partition coefficient (Wildman–Crippen LogP) is 5.04. The number of benzene rings is 1. The Morgan fingerprint density at radius 2 is 1.78 bits per heavy atom. The Morgan fingerprint density at radius 3 is 2.31 bits per heavy atom. The van der Waals surface area contributed by atoms with Crippen molar-refractivity contribution in [2.75, 3.05) is 50.5 Å². The third-order valence-electron chi connectivity index (χ3n) is 6.64. The van der Waals surface area contributed by atoms with Crippen molar-refractivity contribution >= 4 is 47.4 Å². The molecular weight excluding hydrogens is 531 g/mol. The largest absolute Gasteiger partial charge is 0.381 e. The highest BCUT2D eigenvalue weighted by molar-refractivity contribution is 14.0. The molecule has 0 bridgehead atoms. The molecule has 182 valence electrons. The molecule has 0 aliphatic carbocycles. The van der Waals surface area contributed by atoms with Crippen LogP contribution in [-0.4, -0.2) is 62.4 Å². The summed E-state index contributed by atoms with van der Waals surface area (Å²) in [6, 6.07) is 9.62. The quantitative estimate of drug-likeness (QED) is 0.284. The van der Waals surface area contributed by atoms with Gasteiger partial charge in [0.2, 0.25) is 0 Å². The standard InChI is InChI=1S/C25H42N4OS.HI/c1-6-26-23(27-19-25(31-5)13-17-30-18-14-25)28-21-11-15-29(16-12-21)22-9-7-20(8-10-22)24(2,3)4;/h7-10,21H,6,11-19H2,1-5H3,(H2,26,27,28);1H. The van der Waals surface area contributed by atoms with Crippen LogP contribution in [0.3, 0.4) is 0 Å². The van der Waals surface area contributed by atoms with Crippen molar-refractivity contribution in [3.8, 4) is 0 Å². The maximum Gasteiger partial charge on any atom is 0.191 e. The van der Waals surface area contributed by atoms with E-state index in [4.69, 9.17) is 9.73 Å². The Labute approximate surface area is 216 Å². The minimum Gasteiger partial charge on any atom is -0.381 e. The summed E-state index contributed by atoms with van der Waals surface area (Å²) in [4.78, 5) is 7.50. The number of halogens is 1. The predicted molar refractivity (Wildman–Crippen MR) is 151 cm³/mol. The minimum atomic E-state index is 0. The lowest BCUT2D eigenvalue weighted by atomic mass is 9.87. The fourth-order valence-electron chi connectivity index (χ4n) is 4.36. The van der Waals surface area contributed by atoms with Crippen LogP contribution in [0.15, 0.2) is 29.3 Å². The van der Waals surface area contributed by atoms with Crippen LogP contribution in [0.5, 0.6) is 0 Å². The van der Waals surface area contributed by atoms with Gasteiger partial charge in [-0.25, -0.2) is 0 Å². The second-order valence-electron chi connectivity index (χ2n) is 9.90. The van der Waals surface area contributed by atoms with Crippen LogP contribution in [0, 0.1) is 0 Å². The number of rotatable bonds is 6. The number of hydrogen-bond acceptors (Lipinski definition) is 4. The van der Waals surface area contributed by atoms with Gasteiger partial charge in [-0.3, -0.25) is 4.99 Å². The summed E-state index contributed by atoms with van der Waals surface area (Å²) in [6.45, 7) is 14.6. The lowest BCUT2D eigenvalue weighted by molar-refractivity contribution is 0.0794. The van der Waals surface area contributed by atoms with E-state index in [1.165, 1.54) is 11.3 Å². The number of hydrogen-bond donors (Lipinski definition) is 2. The van der Waals surface area contributed by atoms with E-state index < -0.39 is 0 Å². The van der Waals surface area contributed by atoms with Crippen molar-refractivity contribution in [3.05, 3.63) is 29.8 Å². The first-order valence-electron chi connectivity index (χ1n) is 11.9. The maximum atomic E-state index is 5.57. The van der Waals surface area contributed by atoms with Gasteiger partial charge < -0.3 is 20.3 Å². The molecule has 2 aliphatic heterocycles. The van der Waals surface area contributed by atoms with E-state index in [0.29, 0.717) is 6.04 Å². The zero-order chi connectivity index (χ0) is 22.3. The molecule has 0 radical (unpaired) electrons. The van der Waals surface area contributed by atoms with Gasteiger partial charge in [-0.2, -0.15) is 11.8 Å². The van der Waals surface area contributed by atoms with Crippen LogP contribution >= 0.6 is 35.7 Å². The van der Waals surface area contributed by atoms with Crippen LogP contribution < -0.4 is 15.5 Å². The number of nitrogens with one attached hydrogen (secondary N) is 2. The number of ether oxygens (including phenoxy) is 1. The molecule has 0 saturated carbocycles. The summed E-state index contributed by atoms with van der Waals surface area (Å²) in [5.41, 5.74) is 2.94. The lowest BCUT2D eigenvalue weighted by Gasteiger charge is -2.36. The Balaban J connectivity index is 0.00000363. The maximum absolute atomic E-state index is 5.57. The molecule has 1 aromatic rings. The molecule has 0 atom stereocenters. The van der Waals surface area contributed by atoms with Crippen molar-refractivity contribution in [2.45, 2.75) is 69.6 Å². The zero-order valence-corrected chi connectivity index (χ0v) is 23.7. The molecule has 2 N–H and O–H groups in total. The highest BCUT2D eigenvalue weighted by atomic mass is 127. The first-order valence-corrected chi connectivity index (χ1v) is 13.1. The summed E-state index contributed by atoms with van der Waals surface area (Å²) in [7, 11) is 0. The lowest BCUT2D eigenvalue weighted by Crippen LogP contribution is -2.49. The van der Waals surface area contributed by atoms with Gasteiger partial charge in [-0.05, 0) is 62.0 Å². The van der Waals surface area contributed by atoms with Crippen LogP contribution in [0.25, 0.3) is 0 Å². The van der Waals surface area contributed by atoms with E-state index in [2.05, 4.69) is 73.7 Å². The number of nitrogens with zero attached hydrogens (tertiary/aromatic N) is 2. The average Bonchev–Trinajstić information content (AvgIpc) is 2.78. The molecule has 2 aliphatic rings. The highest BCUT2D eigenvalue weighted by Crippen LogP contribution is 2.34. The van der Waals surface area contributed by atoms with Gasteiger partial charge in [-0.15, -0.1) is 24.0 Å². The first-order chi connectivity index (χ1) is 14.8. The van der Waals surface area contributed by atoms with E-state index in [-0.39, 0.29) is 34.1 Å². The van der Waals surface area contributed by atoms with Crippen molar-refractivity contribution in [1.82, 2.24) is 10.6 Å². The second kappa shape index (κ2) is 12.7. The zero-order valence-electron chi connectivity index (χ0n) is 20.6. The number of aliphatic imine (C=N–C) groups is 1. The normalized spacial score (nSPS) is 19.9. The molecule has 2 heterocycles. The molecular formula is C25H43IN4OS. The van der Waals surface area contributed by atoms with E-state index in [0.717, 1.165) is 71.0 Å². The van der Waals surface area contributed by atoms with Gasteiger partial charge in [0.15, 0.2) is 5.96 Å². The van der Waals surface area contributed by atoms with E-state index in [1.807, 2.05) is 11.8 Å². The smallest absolute Gasteiger partial charge is 0.191 e. The van der Waals surface area contributed by atoms with Crippen LogP contribution in [0.1, 0.15) is 58.9 Å². The molecule has 32 heavy (non-hydrogen) atoms. The molecule has 3 rings (SSSR count).